The second kappa shape index (κ2) is 6.65. The Hall–Kier alpha value is -0.333. The summed E-state index contributed by atoms with van der Waals surface area (Å²) in [5.41, 5.74) is -0.311. The summed E-state index contributed by atoms with van der Waals surface area (Å²) in [6.07, 6.45) is -4.34. The van der Waals surface area contributed by atoms with Crippen LogP contribution in [0.5, 0.6) is 0 Å². The van der Waals surface area contributed by atoms with Crippen LogP contribution in [0.15, 0.2) is 22.7 Å². The standard InChI is InChI=1S/C16H24BrF3OSi/c1-11(21-22(5,6)15(2,3)4)9-12-7-8-13(17)10-14(12)16(18,19)20/h7-8,10-11H,9H2,1-6H3. The third-order valence-corrected chi connectivity index (χ3v) is 9.28. The molecule has 1 aromatic carbocycles. The zero-order chi connectivity index (χ0) is 17.3. The molecule has 1 unspecified atom stereocenters. The Morgan fingerprint density at radius 1 is 1.18 bits per heavy atom. The lowest BCUT2D eigenvalue weighted by atomic mass is 10.0. The molecule has 22 heavy (non-hydrogen) atoms. The van der Waals surface area contributed by atoms with Gasteiger partial charge >= 0.3 is 6.18 Å². The normalized spacial score (nSPS) is 15.0. The quantitative estimate of drug-likeness (QED) is 0.533. The lowest BCUT2D eigenvalue weighted by molar-refractivity contribution is -0.138. The lowest BCUT2D eigenvalue weighted by Gasteiger charge is -2.38. The summed E-state index contributed by atoms with van der Waals surface area (Å²) in [5.74, 6) is 0. The predicted molar refractivity (Wildman–Crippen MR) is 90.6 cm³/mol. The van der Waals surface area contributed by atoms with Crippen LogP contribution >= 0.6 is 15.9 Å². The molecule has 1 rings (SSSR count). The van der Waals surface area contributed by atoms with E-state index in [2.05, 4.69) is 49.8 Å². The third kappa shape index (κ3) is 5.10. The monoisotopic (exact) mass is 396 g/mol. The summed E-state index contributed by atoms with van der Waals surface area (Å²) < 4.78 is 46.1. The summed E-state index contributed by atoms with van der Waals surface area (Å²) in [5, 5.41) is 0.0355. The van der Waals surface area contributed by atoms with E-state index in [1.807, 2.05) is 6.92 Å². The largest absolute Gasteiger partial charge is 0.416 e. The van der Waals surface area contributed by atoms with Gasteiger partial charge in [0, 0.05) is 10.6 Å². The van der Waals surface area contributed by atoms with Gasteiger partial charge in [-0.25, -0.2) is 0 Å². The van der Waals surface area contributed by atoms with Crippen LogP contribution < -0.4 is 0 Å². The number of hydrogen-bond donors (Lipinski definition) is 0. The molecule has 0 aromatic heterocycles. The van der Waals surface area contributed by atoms with Crippen molar-refractivity contribution in [3.63, 3.8) is 0 Å². The van der Waals surface area contributed by atoms with Crippen molar-refractivity contribution in [3.05, 3.63) is 33.8 Å². The van der Waals surface area contributed by atoms with Crippen molar-refractivity contribution in [2.24, 2.45) is 0 Å². The second-order valence-corrected chi connectivity index (χ2v) is 12.9. The van der Waals surface area contributed by atoms with Crippen LogP contribution in [0.2, 0.25) is 18.1 Å². The number of alkyl halides is 3. The average Bonchev–Trinajstić information content (AvgIpc) is 2.27. The molecule has 0 amide bonds. The van der Waals surface area contributed by atoms with Gasteiger partial charge in [0.1, 0.15) is 0 Å². The Morgan fingerprint density at radius 2 is 1.73 bits per heavy atom. The van der Waals surface area contributed by atoms with Gasteiger partial charge < -0.3 is 4.43 Å². The van der Waals surface area contributed by atoms with Crippen molar-refractivity contribution >= 4 is 24.2 Å². The van der Waals surface area contributed by atoms with Gasteiger partial charge in [0.05, 0.1) is 5.56 Å². The number of halogens is 4. The molecule has 1 atom stereocenters. The van der Waals surface area contributed by atoms with Gasteiger partial charge in [0.25, 0.3) is 0 Å². The molecule has 6 heteroatoms. The van der Waals surface area contributed by atoms with Gasteiger partial charge in [-0.05, 0) is 49.2 Å². The van der Waals surface area contributed by atoms with Gasteiger partial charge in [-0.15, -0.1) is 0 Å². The molecular formula is C16H24BrF3OSi. The van der Waals surface area contributed by atoms with Crippen LogP contribution in [0, 0.1) is 0 Å². The first-order chi connectivity index (χ1) is 9.74. The molecule has 0 bridgehead atoms. The van der Waals surface area contributed by atoms with Crippen molar-refractivity contribution in [2.45, 2.75) is 64.5 Å². The lowest BCUT2D eigenvalue weighted by Crippen LogP contribution is -2.43. The minimum absolute atomic E-state index is 0.0355. The Kier molecular flexibility index (Phi) is 5.96. The summed E-state index contributed by atoms with van der Waals surface area (Å²) in [7, 11) is -1.99. The highest BCUT2D eigenvalue weighted by Gasteiger charge is 2.39. The van der Waals surface area contributed by atoms with E-state index in [-0.39, 0.29) is 23.1 Å². The maximum atomic E-state index is 13.2. The fourth-order valence-corrected chi connectivity index (χ4v) is 3.83. The summed E-state index contributed by atoms with van der Waals surface area (Å²) >= 11 is 3.11. The topological polar surface area (TPSA) is 9.23 Å². The Bertz CT molecular complexity index is 521. The molecule has 0 saturated carbocycles. The van der Waals surface area contributed by atoms with E-state index in [0.29, 0.717) is 4.47 Å². The Morgan fingerprint density at radius 3 is 2.18 bits per heavy atom. The number of benzene rings is 1. The molecule has 0 heterocycles. The van der Waals surface area contributed by atoms with Gasteiger partial charge in [0.2, 0.25) is 0 Å². The molecule has 0 aliphatic heterocycles. The van der Waals surface area contributed by atoms with E-state index in [1.165, 1.54) is 6.07 Å². The van der Waals surface area contributed by atoms with Gasteiger partial charge in [-0.3, -0.25) is 0 Å². The van der Waals surface area contributed by atoms with Crippen LogP contribution in [-0.4, -0.2) is 14.4 Å². The van der Waals surface area contributed by atoms with E-state index in [4.69, 9.17) is 4.43 Å². The van der Waals surface area contributed by atoms with E-state index in [0.717, 1.165) is 6.07 Å². The maximum Gasteiger partial charge on any atom is 0.416 e. The van der Waals surface area contributed by atoms with E-state index < -0.39 is 20.1 Å². The molecule has 0 N–H and O–H groups in total. The van der Waals surface area contributed by atoms with Crippen LogP contribution in [0.4, 0.5) is 13.2 Å². The predicted octanol–water partition coefficient (Wildman–Crippen LogP) is 6.42. The van der Waals surface area contributed by atoms with Crippen LogP contribution in [0.3, 0.4) is 0 Å². The molecule has 0 aliphatic rings. The van der Waals surface area contributed by atoms with E-state index in [9.17, 15) is 13.2 Å². The molecule has 0 spiro atoms. The van der Waals surface area contributed by atoms with Crippen LogP contribution in [0.25, 0.3) is 0 Å². The molecule has 0 saturated heterocycles. The molecular weight excluding hydrogens is 373 g/mol. The maximum absolute atomic E-state index is 13.2. The summed E-state index contributed by atoms with van der Waals surface area (Å²) in [6.45, 7) is 12.4. The van der Waals surface area contributed by atoms with Crippen LogP contribution in [-0.2, 0) is 17.0 Å². The zero-order valence-corrected chi connectivity index (χ0v) is 16.5. The second-order valence-electron chi connectivity index (χ2n) is 7.19. The molecule has 1 aromatic rings. The average molecular weight is 397 g/mol. The highest BCUT2D eigenvalue weighted by atomic mass is 79.9. The minimum atomic E-state index is -4.35. The fourth-order valence-electron chi connectivity index (χ4n) is 2.02. The molecule has 0 radical (unpaired) electrons. The number of rotatable bonds is 4. The van der Waals surface area contributed by atoms with Crippen molar-refractivity contribution in [3.8, 4) is 0 Å². The first kappa shape index (κ1) is 19.7. The zero-order valence-electron chi connectivity index (χ0n) is 13.9. The van der Waals surface area contributed by atoms with Gasteiger partial charge in [0.15, 0.2) is 8.32 Å². The molecule has 0 aliphatic carbocycles. The number of hydrogen-bond acceptors (Lipinski definition) is 1. The van der Waals surface area contributed by atoms with Crippen molar-refractivity contribution < 1.29 is 17.6 Å². The summed E-state index contributed by atoms with van der Waals surface area (Å²) in [4.78, 5) is 0. The fraction of sp³-hybridized carbons (Fsp3) is 0.625. The molecule has 1 nitrogen and oxygen atoms in total. The molecule has 0 fully saturated rings. The minimum Gasteiger partial charge on any atom is -0.414 e. The van der Waals surface area contributed by atoms with Gasteiger partial charge in [-0.2, -0.15) is 13.2 Å². The van der Waals surface area contributed by atoms with Crippen molar-refractivity contribution in [1.29, 1.82) is 0 Å². The highest BCUT2D eigenvalue weighted by molar-refractivity contribution is 9.10. The first-order valence-corrected chi connectivity index (χ1v) is 11.0. The Balaban J connectivity index is 2.97. The van der Waals surface area contributed by atoms with Crippen molar-refractivity contribution in [2.75, 3.05) is 0 Å². The van der Waals surface area contributed by atoms with E-state index in [1.54, 1.807) is 6.07 Å². The summed E-state index contributed by atoms with van der Waals surface area (Å²) in [6, 6.07) is 4.30. The Labute approximate surface area is 140 Å². The van der Waals surface area contributed by atoms with Gasteiger partial charge in [-0.1, -0.05) is 42.8 Å². The smallest absolute Gasteiger partial charge is 0.414 e. The molecule has 126 valence electrons. The highest BCUT2D eigenvalue weighted by Crippen LogP contribution is 2.38. The van der Waals surface area contributed by atoms with Crippen LogP contribution in [0.1, 0.15) is 38.8 Å². The first-order valence-electron chi connectivity index (χ1n) is 7.27. The third-order valence-electron chi connectivity index (χ3n) is 4.19. The van der Waals surface area contributed by atoms with E-state index >= 15 is 0 Å². The SMILES string of the molecule is CC(Cc1ccc(Br)cc1C(F)(F)F)O[Si](C)(C)C(C)(C)C. The van der Waals surface area contributed by atoms with Crippen molar-refractivity contribution in [1.82, 2.24) is 0 Å².